The third-order valence-corrected chi connectivity index (χ3v) is 2.93. The van der Waals surface area contributed by atoms with E-state index in [0.717, 1.165) is 5.39 Å². The molecule has 110 valence electrons. The minimum absolute atomic E-state index is 0.0902. The fourth-order valence-electron chi connectivity index (χ4n) is 1.83. The molecule has 0 spiro atoms. The van der Waals surface area contributed by atoms with Crippen LogP contribution in [0.3, 0.4) is 0 Å². The van der Waals surface area contributed by atoms with Crippen molar-refractivity contribution in [2.24, 2.45) is 5.73 Å². The van der Waals surface area contributed by atoms with Gasteiger partial charge in [-0.2, -0.15) is 5.26 Å². The van der Waals surface area contributed by atoms with Crippen molar-refractivity contribution in [1.82, 2.24) is 4.98 Å². The summed E-state index contributed by atoms with van der Waals surface area (Å²) in [5.41, 5.74) is 6.04. The molecule has 0 saturated heterocycles. The molecule has 2 rings (SSSR count). The van der Waals surface area contributed by atoms with Gasteiger partial charge in [-0.25, -0.2) is 9.78 Å². The lowest BCUT2D eigenvalue weighted by molar-refractivity contribution is -0.118. The standard InChI is InChI=1S/C16H13N3O3/c1-10(18)12(8-17)15(20)9-22-16(21)14-7-6-11-4-2-3-5-13(11)19-14/h2-7H,9,18H2,1H3/b12-10+. The predicted molar refractivity (Wildman–Crippen MR) is 79.5 cm³/mol. The lowest BCUT2D eigenvalue weighted by atomic mass is 10.1. The van der Waals surface area contributed by atoms with Gasteiger partial charge in [0.15, 0.2) is 6.61 Å². The number of pyridine rings is 1. The van der Waals surface area contributed by atoms with Gasteiger partial charge in [0.1, 0.15) is 17.3 Å². The van der Waals surface area contributed by atoms with E-state index in [1.807, 2.05) is 18.2 Å². The maximum Gasteiger partial charge on any atom is 0.357 e. The summed E-state index contributed by atoms with van der Waals surface area (Å²) in [4.78, 5) is 27.8. The molecule has 6 heteroatoms. The molecule has 6 nitrogen and oxygen atoms in total. The number of fused-ring (bicyclic) bond motifs is 1. The van der Waals surface area contributed by atoms with E-state index in [2.05, 4.69) is 4.98 Å². The second-order valence-electron chi connectivity index (χ2n) is 4.56. The minimum Gasteiger partial charge on any atom is -0.453 e. The van der Waals surface area contributed by atoms with Crippen LogP contribution in [-0.4, -0.2) is 23.3 Å². The fraction of sp³-hybridized carbons (Fsp3) is 0.125. The molecule has 0 radical (unpaired) electrons. The highest BCUT2D eigenvalue weighted by atomic mass is 16.5. The van der Waals surface area contributed by atoms with Gasteiger partial charge < -0.3 is 10.5 Å². The highest BCUT2D eigenvalue weighted by molar-refractivity contribution is 6.02. The van der Waals surface area contributed by atoms with Crippen LogP contribution in [0.4, 0.5) is 0 Å². The van der Waals surface area contributed by atoms with Crippen molar-refractivity contribution in [1.29, 1.82) is 5.26 Å². The van der Waals surface area contributed by atoms with Crippen LogP contribution in [-0.2, 0) is 9.53 Å². The van der Waals surface area contributed by atoms with Crippen LogP contribution in [0.1, 0.15) is 17.4 Å². The molecule has 1 heterocycles. The average Bonchev–Trinajstić information content (AvgIpc) is 2.52. The van der Waals surface area contributed by atoms with Gasteiger partial charge in [0.25, 0.3) is 0 Å². The molecular formula is C16H13N3O3. The first-order valence-corrected chi connectivity index (χ1v) is 6.45. The highest BCUT2D eigenvalue weighted by Crippen LogP contribution is 2.12. The maximum atomic E-state index is 11.9. The molecule has 1 aromatic carbocycles. The zero-order valence-electron chi connectivity index (χ0n) is 11.9. The van der Waals surface area contributed by atoms with Gasteiger partial charge in [-0.3, -0.25) is 4.79 Å². The number of hydrogen-bond donors (Lipinski definition) is 1. The van der Waals surface area contributed by atoms with Crippen molar-refractivity contribution in [2.75, 3.05) is 6.61 Å². The number of Topliss-reactive ketones (excluding diaryl/α,β-unsaturated/α-hetero) is 1. The summed E-state index contributed by atoms with van der Waals surface area (Å²) in [6.45, 7) is 0.883. The molecule has 1 aromatic heterocycles. The highest BCUT2D eigenvalue weighted by Gasteiger charge is 2.16. The molecule has 22 heavy (non-hydrogen) atoms. The second kappa shape index (κ2) is 6.50. The Morgan fingerprint density at radius 1 is 1.27 bits per heavy atom. The molecule has 0 amide bonds. The van der Waals surface area contributed by atoms with E-state index in [1.165, 1.54) is 13.0 Å². The number of esters is 1. The summed E-state index contributed by atoms with van der Waals surface area (Å²) in [6.07, 6.45) is 0. The second-order valence-corrected chi connectivity index (χ2v) is 4.56. The van der Waals surface area contributed by atoms with Gasteiger partial charge in [-0.1, -0.05) is 24.3 Å². The fourth-order valence-corrected chi connectivity index (χ4v) is 1.83. The number of hydrogen-bond acceptors (Lipinski definition) is 6. The quantitative estimate of drug-likeness (QED) is 0.523. The van der Waals surface area contributed by atoms with Crippen LogP contribution in [0, 0.1) is 11.3 Å². The largest absolute Gasteiger partial charge is 0.453 e. The Hall–Kier alpha value is -3.20. The van der Waals surface area contributed by atoms with Crippen LogP contribution in [0.2, 0.25) is 0 Å². The monoisotopic (exact) mass is 295 g/mol. The lowest BCUT2D eigenvalue weighted by Gasteiger charge is -2.05. The third-order valence-electron chi connectivity index (χ3n) is 2.93. The molecule has 0 saturated carbocycles. The molecule has 0 atom stereocenters. The van der Waals surface area contributed by atoms with Gasteiger partial charge in [-0.15, -0.1) is 0 Å². The summed E-state index contributed by atoms with van der Waals surface area (Å²) in [6, 6.07) is 12.3. The zero-order valence-corrected chi connectivity index (χ0v) is 11.9. The predicted octanol–water partition coefficient (Wildman–Crippen LogP) is 1.72. The third kappa shape index (κ3) is 3.27. The SMILES string of the molecule is C/C(N)=C(/C#N)C(=O)COC(=O)c1ccc2ccccc2n1. The Morgan fingerprint density at radius 3 is 2.68 bits per heavy atom. The van der Waals surface area contributed by atoms with Crippen molar-refractivity contribution in [3.8, 4) is 6.07 Å². The summed E-state index contributed by atoms with van der Waals surface area (Å²) < 4.78 is 4.88. The number of carbonyl (C=O) groups is 2. The number of rotatable bonds is 4. The number of allylic oxidation sites excluding steroid dienone is 1. The Labute approximate surface area is 126 Å². The summed E-state index contributed by atoms with van der Waals surface area (Å²) in [5.74, 6) is -1.37. The molecule has 0 unspecified atom stereocenters. The van der Waals surface area contributed by atoms with Crippen molar-refractivity contribution in [2.45, 2.75) is 6.92 Å². The van der Waals surface area contributed by atoms with Gasteiger partial charge in [-0.05, 0) is 19.1 Å². The summed E-state index contributed by atoms with van der Waals surface area (Å²) in [7, 11) is 0. The number of para-hydroxylation sites is 1. The maximum absolute atomic E-state index is 11.9. The first-order valence-electron chi connectivity index (χ1n) is 6.45. The number of nitriles is 1. The van der Waals surface area contributed by atoms with Crippen LogP contribution < -0.4 is 5.73 Å². The summed E-state index contributed by atoms with van der Waals surface area (Å²) in [5, 5.41) is 9.70. The van der Waals surface area contributed by atoms with Crippen molar-refractivity contribution < 1.29 is 14.3 Å². The Bertz CT molecular complexity index is 815. The van der Waals surface area contributed by atoms with E-state index in [9.17, 15) is 9.59 Å². The van der Waals surface area contributed by atoms with Crippen molar-refractivity contribution >= 4 is 22.7 Å². The molecule has 0 aliphatic rings. The number of benzene rings is 1. The molecule has 0 aliphatic carbocycles. The molecular weight excluding hydrogens is 282 g/mol. The Morgan fingerprint density at radius 2 is 2.00 bits per heavy atom. The van der Waals surface area contributed by atoms with E-state index >= 15 is 0 Å². The van der Waals surface area contributed by atoms with Gasteiger partial charge in [0, 0.05) is 11.1 Å². The van der Waals surface area contributed by atoms with Gasteiger partial charge in [0.05, 0.1) is 5.52 Å². The number of aromatic nitrogens is 1. The molecule has 0 fully saturated rings. The zero-order chi connectivity index (χ0) is 16.1. The Kier molecular flexibility index (Phi) is 4.49. The number of ketones is 1. The molecule has 0 aliphatic heterocycles. The van der Waals surface area contributed by atoms with Crippen LogP contribution >= 0.6 is 0 Å². The summed E-state index contributed by atoms with van der Waals surface area (Å²) >= 11 is 0. The molecule has 2 N–H and O–H groups in total. The normalized spacial score (nSPS) is 11.5. The average molecular weight is 295 g/mol. The minimum atomic E-state index is -0.730. The number of ether oxygens (including phenoxy) is 1. The van der Waals surface area contributed by atoms with Gasteiger partial charge >= 0.3 is 5.97 Å². The lowest BCUT2D eigenvalue weighted by Crippen LogP contribution is -2.18. The van der Waals surface area contributed by atoms with Crippen LogP contribution in [0.5, 0.6) is 0 Å². The molecule has 2 aromatic rings. The molecule has 0 bridgehead atoms. The number of nitrogens with zero attached hydrogens (tertiary/aromatic N) is 2. The Balaban J connectivity index is 2.10. The van der Waals surface area contributed by atoms with Crippen molar-refractivity contribution in [3.63, 3.8) is 0 Å². The number of nitrogens with two attached hydrogens (primary N) is 1. The van der Waals surface area contributed by atoms with E-state index in [0.29, 0.717) is 5.52 Å². The van der Waals surface area contributed by atoms with E-state index < -0.39 is 18.4 Å². The topological polar surface area (TPSA) is 106 Å². The van der Waals surface area contributed by atoms with E-state index in [4.69, 9.17) is 15.7 Å². The van der Waals surface area contributed by atoms with Crippen LogP contribution in [0.25, 0.3) is 10.9 Å². The van der Waals surface area contributed by atoms with E-state index in [1.54, 1.807) is 18.2 Å². The smallest absolute Gasteiger partial charge is 0.357 e. The van der Waals surface area contributed by atoms with E-state index in [-0.39, 0.29) is 17.0 Å². The van der Waals surface area contributed by atoms with Crippen LogP contribution in [0.15, 0.2) is 47.7 Å². The van der Waals surface area contributed by atoms with Gasteiger partial charge in [0.2, 0.25) is 5.78 Å². The first-order chi connectivity index (χ1) is 10.5. The van der Waals surface area contributed by atoms with Crippen molar-refractivity contribution in [3.05, 3.63) is 53.4 Å². The first kappa shape index (κ1) is 15.2. The number of carbonyl (C=O) groups excluding carboxylic acids is 2.